The molecule has 2 heterocycles. The molecule has 124 valence electrons. The number of carbonyl (C=O) groups is 1. The fraction of sp³-hybridized carbons (Fsp3) is 0.188. The summed E-state index contributed by atoms with van der Waals surface area (Å²) in [5.41, 5.74) is 0.228. The minimum atomic E-state index is -0.450. The van der Waals surface area contributed by atoms with Crippen LogP contribution in [0.3, 0.4) is 0 Å². The van der Waals surface area contributed by atoms with Gasteiger partial charge in [-0.1, -0.05) is 23.9 Å². The van der Waals surface area contributed by atoms with E-state index in [9.17, 15) is 9.18 Å². The van der Waals surface area contributed by atoms with Crippen molar-refractivity contribution in [2.75, 3.05) is 0 Å². The first-order valence-corrected chi connectivity index (χ1v) is 8.06. The summed E-state index contributed by atoms with van der Waals surface area (Å²) < 4.78 is 24.3. The maximum atomic E-state index is 13.7. The van der Waals surface area contributed by atoms with Crippen LogP contribution in [0.25, 0.3) is 11.5 Å². The minimum Gasteiger partial charge on any atom is -0.467 e. The van der Waals surface area contributed by atoms with Gasteiger partial charge in [-0.15, -0.1) is 10.2 Å². The lowest BCUT2D eigenvalue weighted by Crippen LogP contribution is -2.30. The van der Waals surface area contributed by atoms with Crippen LogP contribution in [0.15, 0.2) is 56.7 Å². The molecule has 0 fully saturated rings. The van der Waals surface area contributed by atoms with Gasteiger partial charge in [0, 0.05) is 0 Å². The average Bonchev–Trinajstić information content (AvgIpc) is 3.24. The van der Waals surface area contributed by atoms with Gasteiger partial charge in [0.25, 0.3) is 11.1 Å². The Hall–Kier alpha value is -2.61. The van der Waals surface area contributed by atoms with E-state index in [0.717, 1.165) is 11.8 Å². The van der Waals surface area contributed by atoms with Crippen LogP contribution in [0.2, 0.25) is 0 Å². The molecule has 8 heteroatoms. The summed E-state index contributed by atoms with van der Waals surface area (Å²) in [5, 5.41) is 10.2. The molecule has 0 saturated carbocycles. The van der Waals surface area contributed by atoms with Crippen molar-refractivity contribution in [3.63, 3.8) is 0 Å². The van der Waals surface area contributed by atoms with Gasteiger partial charge in [0.1, 0.15) is 11.6 Å². The van der Waals surface area contributed by atoms with Crippen LogP contribution in [0.1, 0.15) is 12.7 Å². The molecule has 1 aromatic carbocycles. The van der Waals surface area contributed by atoms with Gasteiger partial charge in [-0.05, 0) is 31.2 Å². The van der Waals surface area contributed by atoms with Crippen LogP contribution < -0.4 is 5.32 Å². The summed E-state index contributed by atoms with van der Waals surface area (Å²) >= 11 is 1.10. The number of carbonyl (C=O) groups excluding carboxylic acids is 1. The summed E-state index contributed by atoms with van der Waals surface area (Å²) in [6.07, 6.45) is 1.54. The SMILES string of the molecule is C[C@@H](Sc1nnc(-c2ccccc2F)o1)C(=O)NCc1ccco1. The maximum Gasteiger partial charge on any atom is 0.277 e. The van der Waals surface area contributed by atoms with E-state index in [-0.39, 0.29) is 22.6 Å². The standard InChI is InChI=1S/C16H14FN3O3S/c1-10(14(21)18-9-11-5-4-8-22-11)24-16-20-19-15(23-16)12-6-2-3-7-13(12)17/h2-8,10H,9H2,1H3,(H,18,21)/t10-/m1/s1. The molecule has 1 atom stereocenters. The van der Waals surface area contributed by atoms with E-state index in [1.165, 1.54) is 6.07 Å². The smallest absolute Gasteiger partial charge is 0.277 e. The maximum absolute atomic E-state index is 13.7. The van der Waals surface area contributed by atoms with E-state index in [1.54, 1.807) is 43.5 Å². The molecule has 0 bridgehead atoms. The highest BCUT2D eigenvalue weighted by atomic mass is 32.2. The average molecular weight is 347 g/mol. The van der Waals surface area contributed by atoms with Gasteiger partial charge in [0.15, 0.2) is 0 Å². The van der Waals surface area contributed by atoms with Crippen LogP contribution in [0.4, 0.5) is 4.39 Å². The first-order chi connectivity index (χ1) is 11.6. The summed E-state index contributed by atoms with van der Waals surface area (Å²) in [7, 11) is 0. The Morgan fingerprint density at radius 3 is 2.88 bits per heavy atom. The number of hydrogen-bond donors (Lipinski definition) is 1. The van der Waals surface area contributed by atoms with E-state index < -0.39 is 11.1 Å². The number of furan rings is 1. The molecule has 24 heavy (non-hydrogen) atoms. The molecule has 0 spiro atoms. The predicted octanol–water partition coefficient (Wildman–Crippen LogP) is 3.27. The van der Waals surface area contributed by atoms with Crippen molar-refractivity contribution < 1.29 is 18.0 Å². The predicted molar refractivity (Wildman–Crippen MR) is 85.6 cm³/mol. The molecular weight excluding hydrogens is 333 g/mol. The van der Waals surface area contributed by atoms with Crippen LogP contribution >= 0.6 is 11.8 Å². The van der Waals surface area contributed by atoms with E-state index in [1.807, 2.05) is 0 Å². The summed E-state index contributed by atoms with van der Waals surface area (Å²) in [6, 6.07) is 9.66. The molecule has 0 saturated heterocycles. The number of rotatable bonds is 6. The highest BCUT2D eigenvalue weighted by molar-refractivity contribution is 8.00. The van der Waals surface area contributed by atoms with Crippen molar-refractivity contribution in [3.05, 3.63) is 54.2 Å². The second kappa shape index (κ2) is 7.31. The lowest BCUT2D eigenvalue weighted by atomic mass is 10.2. The molecule has 0 unspecified atom stereocenters. The van der Waals surface area contributed by atoms with Gasteiger partial charge in [-0.25, -0.2) is 4.39 Å². The van der Waals surface area contributed by atoms with Crippen molar-refractivity contribution >= 4 is 17.7 Å². The normalized spacial score (nSPS) is 12.1. The minimum absolute atomic E-state index is 0.0822. The van der Waals surface area contributed by atoms with Crippen LogP contribution in [0, 0.1) is 5.82 Å². The Morgan fingerprint density at radius 2 is 2.12 bits per heavy atom. The number of benzene rings is 1. The summed E-state index contributed by atoms with van der Waals surface area (Å²) in [5.74, 6) is 0.114. The number of hydrogen-bond acceptors (Lipinski definition) is 6. The van der Waals surface area contributed by atoms with Gasteiger partial charge >= 0.3 is 0 Å². The molecule has 3 rings (SSSR count). The molecule has 0 aliphatic carbocycles. The zero-order valence-electron chi connectivity index (χ0n) is 12.7. The number of nitrogens with zero attached hydrogens (tertiary/aromatic N) is 2. The molecule has 3 aromatic rings. The number of thioether (sulfide) groups is 1. The number of halogens is 1. The summed E-state index contributed by atoms with van der Waals surface area (Å²) in [4.78, 5) is 12.1. The highest BCUT2D eigenvalue weighted by Crippen LogP contribution is 2.27. The molecule has 0 radical (unpaired) electrons. The molecule has 6 nitrogen and oxygen atoms in total. The Bertz CT molecular complexity index is 820. The Labute approximate surface area is 141 Å². The Kier molecular flexibility index (Phi) is 4.95. The molecule has 1 N–H and O–H groups in total. The van der Waals surface area contributed by atoms with Gasteiger partial charge in [-0.2, -0.15) is 0 Å². The number of nitrogens with one attached hydrogen (secondary N) is 1. The first kappa shape index (κ1) is 16.3. The first-order valence-electron chi connectivity index (χ1n) is 7.18. The van der Waals surface area contributed by atoms with Crippen molar-refractivity contribution in [1.29, 1.82) is 0 Å². The van der Waals surface area contributed by atoms with Gasteiger partial charge in [-0.3, -0.25) is 4.79 Å². The highest BCUT2D eigenvalue weighted by Gasteiger charge is 2.19. The Morgan fingerprint density at radius 1 is 1.29 bits per heavy atom. The van der Waals surface area contributed by atoms with Crippen LogP contribution in [-0.2, 0) is 11.3 Å². The summed E-state index contributed by atoms with van der Waals surface area (Å²) in [6.45, 7) is 2.02. The van der Waals surface area contributed by atoms with Gasteiger partial charge < -0.3 is 14.2 Å². The number of amides is 1. The largest absolute Gasteiger partial charge is 0.467 e. The third kappa shape index (κ3) is 3.83. The molecule has 0 aliphatic rings. The monoisotopic (exact) mass is 347 g/mol. The van der Waals surface area contributed by atoms with Crippen molar-refractivity contribution in [3.8, 4) is 11.5 Å². The van der Waals surface area contributed by atoms with Crippen molar-refractivity contribution in [2.24, 2.45) is 0 Å². The van der Waals surface area contributed by atoms with Gasteiger partial charge in [0.2, 0.25) is 5.91 Å². The zero-order chi connectivity index (χ0) is 16.9. The fourth-order valence-electron chi connectivity index (χ4n) is 1.94. The number of aromatic nitrogens is 2. The van der Waals surface area contributed by atoms with Crippen molar-refractivity contribution in [2.45, 2.75) is 23.9 Å². The van der Waals surface area contributed by atoms with E-state index in [0.29, 0.717) is 12.3 Å². The van der Waals surface area contributed by atoms with E-state index in [4.69, 9.17) is 8.83 Å². The van der Waals surface area contributed by atoms with Crippen LogP contribution in [0.5, 0.6) is 0 Å². The molecule has 1 amide bonds. The third-order valence-corrected chi connectivity index (χ3v) is 4.11. The lowest BCUT2D eigenvalue weighted by molar-refractivity contribution is -0.120. The molecule has 2 aromatic heterocycles. The van der Waals surface area contributed by atoms with Crippen molar-refractivity contribution in [1.82, 2.24) is 15.5 Å². The van der Waals surface area contributed by atoms with Crippen LogP contribution in [-0.4, -0.2) is 21.4 Å². The van der Waals surface area contributed by atoms with E-state index >= 15 is 0 Å². The lowest BCUT2D eigenvalue weighted by Gasteiger charge is -2.08. The molecular formula is C16H14FN3O3S. The van der Waals surface area contributed by atoms with E-state index in [2.05, 4.69) is 15.5 Å². The fourth-order valence-corrected chi connectivity index (χ4v) is 2.64. The topological polar surface area (TPSA) is 81.2 Å². The molecule has 0 aliphatic heterocycles. The second-order valence-electron chi connectivity index (χ2n) is 4.91. The zero-order valence-corrected chi connectivity index (χ0v) is 13.5. The second-order valence-corrected chi connectivity index (χ2v) is 6.20. The third-order valence-electron chi connectivity index (χ3n) is 3.17. The van der Waals surface area contributed by atoms with Gasteiger partial charge in [0.05, 0.1) is 23.6 Å². The Balaban J connectivity index is 1.59. The quantitative estimate of drug-likeness (QED) is 0.689.